The summed E-state index contributed by atoms with van der Waals surface area (Å²) in [5.41, 5.74) is 8.66. The minimum Gasteiger partial charge on any atom is -0.491 e. The molecule has 1 rings (SSSR count). The van der Waals surface area contributed by atoms with Gasteiger partial charge in [0.1, 0.15) is 12.4 Å². The predicted octanol–water partition coefficient (Wildman–Crippen LogP) is 1.72. The van der Waals surface area contributed by atoms with Gasteiger partial charge in [-0.05, 0) is 24.6 Å². The highest BCUT2D eigenvalue weighted by atomic mass is 16.5. The number of ether oxygens (including phenoxy) is 2. The van der Waals surface area contributed by atoms with Crippen molar-refractivity contribution in [3.63, 3.8) is 0 Å². The smallest absolute Gasteiger partial charge is 0.178 e. The molecule has 0 saturated heterocycles. The Hall–Kier alpha value is -1.79. The van der Waals surface area contributed by atoms with Crippen LogP contribution < -0.4 is 4.74 Å². The van der Waals surface area contributed by atoms with Crippen molar-refractivity contribution in [2.24, 2.45) is 5.11 Å². The van der Waals surface area contributed by atoms with Crippen LogP contribution in [0.1, 0.15) is 18.8 Å². The third-order valence-electron chi connectivity index (χ3n) is 2.09. The van der Waals surface area contributed by atoms with Crippen LogP contribution in [0, 0.1) is 0 Å². The Balaban J connectivity index is 2.61. The summed E-state index contributed by atoms with van der Waals surface area (Å²) >= 11 is 0. The van der Waals surface area contributed by atoms with Gasteiger partial charge in [-0.15, -0.1) is 0 Å². The van der Waals surface area contributed by atoms with E-state index in [9.17, 15) is 0 Å². The van der Waals surface area contributed by atoms with E-state index in [4.69, 9.17) is 25.2 Å². The average molecular weight is 253 g/mol. The van der Waals surface area contributed by atoms with Gasteiger partial charge in [-0.1, -0.05) is 17.2 Å². The molecule has 1 unspecified atom stereocenters. The molecular weight excluding hydrogens is 238 g/mol. The number of hydrogen-bond donors (Lipinski definition) is 2. The van der Waals surface area contributed by atoms with Gasteiger partial charge >= 0.3 is 0 Å². The maximum Gasteiger partial charge on any atom is 0.178 e. The summed E-state index contributed by atoms with van der Waals surface area (Å²) in [6, 6.07) is 6.34. The summed E-state index contributed by atoms with van der Waals surface area (Å²) in [5.74, 6) is 0.443. The highest BCUT2D eigenvalue weighted by Crippen LogP contribution is 2.18. The zero-order chi connectivity index (χ0) is 13.4. The number of nitrogens with zero attached hydrogens (tertiary/aromatic N) is 3. The Morgan fingerprint density at radius 2 is 2.22 bits per heavy atom. The SMILES string of the molecule is CCOC(COc1cccc(C(O)O)c1)N=[N+]=[N-]. The van der Waals surface area contributed by atoms with E-state index in [1.807, 2.05) is 0 Å². The molecular formula is C11H15N3O4. The minimum atomic E-state index is -1.55. The van der Waals surface area contributed by atoms with Crippen molar-refractivity contribution in [2.45, 2.75) is 19.4 Å². The van der Waals surface area contributed by atoms with Crippen molar-refractivity contribution >= 4 is 0 Å². The molecule has 0 saturated carbocycles. The van der Waals surface area contributed by atoms with Crippen LogP contribution in [0.3, 0.4) is 0 Å². The molecule has 0 aliphatic carbocycles. The maximum atomic E-state index is 9.00. The van der Waals surface area contributed by atoms with Crippen molar-refractivity contribution in [1.29, 1.82) is 0 Å². The average Bonchev–Trinajstić information content (AvgIpc) is 2.37. The lowest BCUT2D eigenvalue weighted by atomic mass is 10.2. The molecule has 1 aromatic rings. The Morgan fingerprint density at radius 1 is 1.44 bits per heavy atom. The predicted molar refractivity (Wildman–Crippen MR) is 63.7 cm³/mol. The molecule has 98 valence electrons. The van der Waals surface area contributed by atoms with E-state index in [0.29, 0.717) is 17.9 Å². The fraction of sp³-hybridized carbons (Fsp3) is 0.455. The molecule has 1 atom stereocenters. The first-order chi connectivity index (χ1) is 8.67. The van der Waals surface area contributed by atoms with Gasteiger partial charge in [0, 0.05) is 17.1 Å². The van der Waals surface area contributed by atoms with E-state index < -0.39 is 12.5 Å². The van der Waals surface area contributed by atoms with Gasteiger partial charge in [0.25, 0.3) is 0 Å². The van der Waals surface area contributed by atoms with Crippen molar-refractivity contribution in [1.82, 2.24) is 0 Å². The second-order valence-corrected chi connectivity index (χ2v) is 3.37. The Labute approximate surface area is 104 Å². The van der Waals surface area contributed by atoms with Crippen LogP contribution in [0.2, 0.25) is 0 Å². The first kappa shape index (κ1) is 14.3. The lowest BCUT2D eigenvalue weighted by Crippen LogP contribution is -2.19. The summed E-state index contributed by atoms with van der Waals surface area (Å²) in [6.07, 6.45) is -2.25. The van der Waals surface area contributed by atoms with Gasteiger partial charge in [-0.2, -0.15) is 0 Å². The van der Waals surface area contributed by atoms with E-state index in [1.165, 1.54) is 6.07 Å². The van der Waals surface area contributed by atoms with E-state index in [2.05, 4.69) is 10.0 Å². The fourth-order valence-corrected chi connectivity index (χ4v) is 1.30. The molecule has 1 aromatic carbocycles. The van der Waals surface area contributed by atoms with Gasteiger partial charge in [0.05, 0.1) is 0 Å². The van der Waals surface area contributed by atoms with Crippen LogP contribution in [-0.4, -0.2) is 29.7 Å². The molecule has 2 N–H and O–H groups in total. The Kier molecular flexibility index (Phi) is 5.96. The van der Waals surface area contributed by atoms with Crippen molar-refractivity contribution < 1.29 is 19.7 Å². The van der Waals surface area contributed by atoms with Gasteiger partial charge in [0.2, 0.25) is 0 Å². The third-order valence-corrected chi connectivity index (χ3v) is 2.09. The quantitative estimate of drug-likeness (QED) is 0.334. The lowest BCUT2D eigenvalue weighted by Gasteiger charge is -2.13. The summed E-state index contributed by atoms with van der Waals surface area (Å²) in [6.45, 7) is 2.24. The molecule has 0 bridgehead atoms. The minimum absolute atomic E-state index is 0.0584. The molecule has 7 heteroatoms. The molecule has 0 spiro atoms. The van der Waals surface area contributed by atoms with Crippen molar-refractivity contribution in [2.75, 3.05) is 13.2 Å². The zero-order valence-corrected chi connectivity index (χ0v) is 9.93. The summed E-state index contributed by atoms with van der Waals surface area (Å²) in [5, 5.41) is 21.4. The topological polar surface area (TPSA) is 108 Å². The van der Waals surface area contributed by atoms with Gasteiger partial charge in [0.15, 0.2) is 12.5 Å². The molecule has 0 heterocycles. The van der Waals surface area contributed by atoms with Crippen LogP contribution in [0.25, 0.3) is 10.4 Å². The van der Waals surface area contributed by atoms with Crippen molar-refractivity contribution in [3.05, 3.63) is 40.3 Å². The van der Waals surface area contributed by atoms with Crippen LogP contribution in [-0.2, 0) is 4.74 Å². The molecule has 0 amide bonds. The molecule has 0 aliphatic rings. The van der Waals surface area contributed by atoms with Crippen LogP contribution >= 0.6 is 0 Å². The molecule has 0 aliphatic heterocycles. The summed E-state index contributed by atoms with van der Waals surface area (Å²) < 4.78 is 10.5. The first-order valence-corrected chi connectivity index (χ1v) is 5.42. The maximum absolute atomic E-state index is 9.00. The number of aliphatic hydroxyl groups is 2. The molecule has 7 nitrogen and oxygen atoms in total. The lowest BCUT2D eigenvalue weighted by molar-refractivity contribution is -0.0426. The number of rotatable bonds is 7. The van der Waals surface area contributed by atoms with Crippen LogP contribution in [0.15, 0.2) is 29.4 Å². The zero-order valence-electron chi connectivity index (χ0n) is 9.93. The number of aliphatic hydroxyl groups excluding tert-OH is 1. The third kappa shape index (κ3) is 4.60. The molecule has 0 radical (unpaired) electrons. The number of hydrogen-bond acceptors (Lipinski definition) is 5. The normalized spacial score (nSPS) is 12.0. The van der Waals surface area contributed by atoms with E-state index >= 15 is 0 Å². The van der Waals surface area contributed by atoms with Crippen molar-refractivity contribution in [3.8, 4) is 5.75 Å². The van der Waals surface area contributed by atoms with Gasteiger partial charge < -0.3 is 19.7 Å². The Bertz CT molecular complexity index is 419. The summed E-state index contributed by atoms with van der Waals surface area (Å²) in [4.78, 5) is 2.65. The molecule has 0 fully saturated rings. The van der Waals surface area contributed by atoms with E-state index in [-0.39, 0.29) is 6.61 Å². The summed E-state index contributed by atoms with van der Waals surface area (Å²) in [7, 11) is 0. The second kappa shape index (κ2) is 7.52. The van der Waals surface area contributed by atoms with Gasteiger partial charge in [-0.25, -0.2) is 0 Å². The number of azide groups is 1. The highest BCUT2D eigenvalue weighted by molar-refractivity contribution is 5.29. The fourth-order valence-electron chi connectivity index (χ4n) is 1.30. The monoisotopic (exact) mass is 253 g/mol. The molecule has 18 heavy (non-hydrogen) atoms. The van der Waals surface area contributed by atoms with E-state index in [0.717, 1.165) is 0 Å². The standard InChI is InChI=1S/C11H15N3O4/c1-2-17-10(13-14-12)7-18-9-5-3-4-8(6-9)11(15)16/h3-6,10-11,15-16H,2,7H2,1H3. The highest BCUT2D eigenvalue weighted by Gasteiger charge is 2.08. The van der Waals surface area contributed by atoms with Crippen LogP contribution in [0.5, 0.6) is 5.75 Å². The van der Waals surface area contributed by atoms with Crippen LogP contribution in [0.4, 0.5) is 0 Å². The largest absolute Gasteiger partial charge is 0.491 e. The number of benzene rings is 1. The second-order valence-electron chi connectivity index (χ2n) is 3.37. The first-order valence-electron chi connectivity index (χ1n) is 5.42. The van der Waals surface area contributed by atoms with Gasteiger partial charge in [-0.3, -0.25) is 0 Å². The van der Waals surface area contributed by atoms with E-state index in [1.54, 1.807) is 25.1 Å². The Morgan fingerprint density at radius 3 is 2.83 bits per heavy atom. The molecule has 0 aromatic heterocycles.